The molecule has 0 radical (unpaired) electrons. The van der Waals surface area contributed by atoms with Crippen LogP contribution >= 0.6 is 34.5 Å². The minimum Gasteiger partial charge on any atom is -0.337 e. The van der Waals surface area contributed by atoms with Crippen molar-refractivity contribution in [3.05, 3.63) is 76.5 Å². The van der Waals surface area contributed by atoms with Crippen molar-refractivity contribution in [2.75, 3.05) is 11.4 Å². The van der Waals surface area contributed by atoms with E-state index in [1.54, 1.807) is 41.7 Å². The maximum absolute atomic E-state index is 13.6. The number of amides is 1. The summed E-state index contributed by atoms with van der Waals surface area (Å²) >= 11 is 13.6. The van der Waals surface area contributed by atoms with E-state index in [0.717, 1.165) is 0 Å². The lowest BCUT2D eigenvalue weighted by Gasteiger charge is -2.20. The van der Waals surface area contributed by atoms with Crippen molar-refractivity contribution in [2.24, 2.45) is 0 Å². The molecule has 0 N–H and O–H groups in total. The molecule has 29 heavy (non-hydrogen) atoms. The summed E-state index contributed by atoms with van der Waals surface area (Å²) in [7, 11) is 0. The number of anilines is 1. The van der Waals surface area contributed by atoms with Crippen LogP contribution in [0.2, 0.25) is 10.0 Å². The van der Waals surface area contributed by atoms with Gasteiger partial charge >= 0.3 is 0 Å². The van der Waals surface area contributed by atoms with Gasteiger partial charge in [0.2, 0.25) is 0 Å². The number of aromatic nitrogens is 3. The number of fused-ring (bicyclic) bond motifs is 1. The predicted octanol–water partition coefficient (Wildman–Crippen LogP) is 5.68. The number of hydrogen-bond acceptors (Lipinski definition) is 4. The average molecular weight is 449 g/mol. The first kappa shape index (κ1) is 19.8. The molecular formula is C20H15Cl2FN4OS. The highest BCUT2D eigenvalue weighted by Gasteiger charge is 2.23. The van der Waals surface area contributed by atoms with E-state index in [0.29, 0.717) is 50.5 Å². The van der Waals surface area contributed by atoms with Crippen molar-refractivity contribution >= 4 is 55.8 Å². The molecular weight excluding hydrogens is 434 g/mol. The van der Waals surface area contributed by atoms with Crippen LogP contribution in [-0.2, 0) is 6.54 Å². The Morgan fingerprint density at radius 2 is 2.07 bits per heavy atom. The molecule has 2 heterocycles. The molecule has 4 aromatic rings. The first-order chi connectivity index (χ1) is 14.0. The smallest absolute Gasteiger partial charge is 0.261 e. The van der Waals surface area contributed by atoms with Crippen molar-refractivity contribution in [2.45, 2.75) is 13.0 Å². The lowest BCUT2D eigenvalue weighted by atomic mass is 10.2. The van der Waals surface area contributed by atoms with Crippen LogP contribution < -0.4 is 4.90 Å². The fourth-order valence-electron chi connectivity index (χ4n) is 2.92. The molecule has 4 rings (SSSR count). The van der Waals surface area contributed by atoms with Crippen LogP contribution in [0.3, 0.4) is 0 Å². The Kier molecular flexibility index (Phi) is 5.80. The summed E-state index contributed by atoms with van der Waals surface area (Å²) in [5.41, 5.74) is 0.934. The minimum atomic E-state index is -0.344. The highest BCUT2D eigenvalue weighted by molar-refractivity contribution is 7.22. The topological polar surface area (TPSA) is 51.0 Å². The van der Waals surface area contributed by atoms with Gasteiger partial charge in [-0.15, -0.1) is 0 Å². The van der Waals surface area contributed by atoms with E-state index in [1.807, 2.05) is 10.8 Å². The zero-order valence-corrected chi connectivity index (χ0v) is 17.4. The standard InChI is InChI=1S/C20H15Cl2FN4OS/c21-13-2-4-16(22)15(10-13)19(28)27(8-1-7-26-9-6-24-12-26)20-25-17-5-3-14(23)11-18(17)29-20/h2-6,9-12H,1,7-8H2. The summed E-state index contributed by atoms with van der Waals surface area (Å²) in [4.78, 5) is 23.4. The summed E-state index contributed by atoms with van der Waals surface area (Å²) < 4.78 is 16.2. The molecule has 0 unspecified atom stereocenters. The molecule has 0 fully saturated rings. The Balaban J connectivity index is 1.67. The summed E-state index contributed by atoms with van der Waals surface area (Å²) in [6.45, 7) is 1.09. The Hall–Kier alpha value is -2.48. The van der Waals surface area contributed by atoms with E-state index in [9.17, 15) is 9.18 Å². The molecule has 2 aromatic heterocycles. The van der Waals surface area contributed by atoms with Crippen LogP contribution in [0.15, 0.2) is 55.1 Å². The molecule has 0 atom stereocenters. The van der Waals surface area contributed by atoms with Crippen LogP contribution in [0.25, 0.3) is 10.2 Å². The second-order valence-corrected chi connectivity index (χ2v) is 8.20. The molecule has 5 nitrogen and oxygen atoms in total. The van der Waals surface area contributed by atoms with Gasteiger partial charge < -0.3 is 4.57 Å². The number of hydrogen-bond donors (Lipinski definition) is 0. The van der Waals surface area contributed by atoms with Crippen LogP contribution in [0.5, 0.6) is 0 Å². The van der Waals surface area contributed by atoms with Gasteiger partial charge in [-0.3, -0.25) is 9.69 Å². The second kappa shape index (κ2) is 8.49. The summed E-state index contributed by atoms with van der Waals surface area (Å²) in [6.07, 6.45) is 5.96. The fraction of sp³-hybridized carbons (Fsp3) is 0.150. The average Bonchev–Trinajstić information content (AvgIpc) is 3.36. The lowest BCUT2D eigenvalue weighted by Crippen LogP contribution is -2.32. The number of carbonyl (C=O) groups is 1. The highest BCUT2D eigenvalue weighted by atomic mass is 35.5. The normalized spacial score (nSPS) is 11.1. The van der Waals surface area contributed by atoms with Gasteiger partial charge in [-0.05, 0) is 42.8 Å². The third kappa shape index (κ3) is 4.42. The van der Waals surface area contributed by atoms with E-state index < -0.39 is 0 Å². The largest absolute Gasteiger partial charge is 0.337 e. The molecule has 0 aliphatic heterocycles. The van der Waals surface area contributed by atoms with Gasteiger partial charge in [-0.1, -0.05) is 34.5 Å². The van der Waals surface area contributed by atoms with Crippen molar-refractivity contribution < 1.29 is 9.18 Å². The minimum absolute atomic E-state index is 0.298. The molecule has 9 heteroatoms. The molecule has 0 aliphatic carbocycles. The Labute approximate surface area is 180 Å². The van der Waals surface area contributed by atoms with Crippen molar-refractivity contribution in [3.8, 4) is 0 Å². The van der Waals surface area contributed by atoms with Gasteiger partial charge in [0.05, 0.1) is 27.1 Å². The number of nitrogens with zero attached hydrogens (tertiary/aromatic N) is 4. The maximum atomic E-state index is 13.6. The fourth-order valence-corrected chi connectivity index (χ4v) is 4.31. The van der Waals surface area contributed by atoms with Gasteiger partial charge in [0.25, 0.3) is 5.91 Å². The zero-order chi connectivity index (χ0) is 20.4. The van der Waals surface area contributed by atoms with E-state index in [-0.39, 0.29) is 11.7 Å². The Morgan fingerprint density at radius 3 is 2.86 bits per heavy atom. The van der Waals surface area contributed by atoms with Crippen LogP contribution in [0.1, 0.15) is 16.8 Å². The molecule has 0 saturated heterocycles. The van der Waals surface area contributed by atoms with Gasteiger partial charge in [0, 0.05) is 30.5 Å². The summed E-state index contributed by atoms with van der Waals surface area (Å²) in [6, 6.07) is 9.13. The third-order valence-corrected chi connectivity index (χ3v) is 5.94. The number of imidazole rings is 1. The van der Waals surface area contributed by atoms with Crippen molar-refractivity contribution in [1.29, 1.82) is 0 Å². The molecule has 0 saturated carbocycles. The van der Waals surface area contributed by atoms with E-state index in [1.165, 1.54) is 23.5 Å². The Bertz CT molecular complexity index is 1160. The lowest BCUT2D eigenvalue weighted by molar-refractivity contribution is 0.0986. The van der Waals surface area contributed by atoms with Crippen LogP contribution in [0, 0.1) is 5.82 Å². The number of thiazole rings is 1. The number of carbonyl (C=O) groups excluding carboxylic acids is 1. The number of rotatable bonds is 6. The molecule has 0 spiro atoms. The van der Waals surface area contributed by atoms with Gasteiger partial charge in [-0.2, -0.15) is 0 Å². The third-order valence-electron chi connectivity index (χ3n) is 4.33. The first-order valence-corrected chi connectivity index (χ1v) is 10.4. The molecule has 1 amide bonds. The number of aryl methyl sites for hydroxylation is 1. The second-order valence-electron chi connectivity index (χ2n) is 6.34. The van der Waals surface area contributed by atoms with Gasteiger partial charge in [-0.25, -0.2) is 14.4 Å². The SMILES string of the molecule is O=C(c1cc(Cl)ccc1Cl)N(CCCn1ccnc1)c1nc2ccc(F)cc2s1. The van der Waals surface area contributed by atoms with Crippen molar-refractivity contribution in [3.63, 3.8) is 0 Å². The molecule has 148 valence electrons. The predicted molar refractivity (Wildman–Crippen MR) is 115 cm³/mol. The maximum Gasteiger partial charge on any atom is 0.261 e. The Morgan fingerprint density at radius 1 is 1.21 bits per heavy atom. The molecule has 2 aromatic carbocycles. The number of halogens is 3. The van der Waals surface area contributed by atoms with Crippen molar-refractivity contribution in [1.82, 2.24) is 14.5 Å². The quantitative estimate of drug-likeness (QED) is 0.381. The summed E-state index contributed by atoms with van der Waals surface area (Å²) in [5.74, 6) is -0.647. The number of benzene rings is 2. The zero-order valence-electron chi connectivity index (χ0n) is 15.1. The van der Waals surface area contributed by atoms with Crippen LogP contribution in [0.4, 0.5) is 9.52 Å². The summed E-state index contributed by atoms with van der Waals surface area (Å²) in [5, 5.41) is 1.21. The molecule has 0 aliphatic rings. The van der Waals surface area contributed by atoms with E-state index in [2.05, 4.69) is 9.97 Å². The molecule has 0 bridgehead atoms. The van der Waals surface area contributed by atoms with E-state index >= 15 is 0 Å². The highest BCUT2D eigenvalue weighted by Crippen LogP contribution is 2.32. The van der Waals surface area contributed by atoms with E-state index in [4.69, 9.17) is 23.2 Å². The monoisotopic (exact) mass is 448 g/mol. The van der Waals surface area contributed by atoms with Gasteiger partial charge in [0.15, 0.2) is 5.13 Å². The first-order valence-electron chi connectivity index (χ1n) is 8.80. The van der Waals surface area contributed by atoms with Gasteiger partial charge in [0.1, 0.15) is 5.82 Å². The van der Waals surface area contributed by atoms with Crippen LogP contribution in [-0.4, -0.2) is 27.0 Å².